The smallest absolute Gasteiger partial charge is 0.234 e. The average molecular weight is 152 g/mol. The number of halogens is 1. The normalized spacial score (nSPS) is 16.8. The highest BCUT2D eigenvalue weighted by atomic mass is 35.5. The summed E-state index contributed by atoms with van der Waals surface area (Å²) in [5, 5.41) is 4.40. The van der Waals surface area contributed by atoms with Crippen LogP contribution in [0.15, 0.2) is 11.6 Å². The van der Waals surface area contributed by atoms with E-state index in [1.54, 1.807) is 6.20 Å². The number of carbonyl (C=O) groups excluding carboxylic acids is 1. The van der Waals surface area contributed by atoms with Crippen LogP contribution in [0.25, 0.3) is 0 Å². The highest BCUT2D eigenvalue weighted by Gasteiger charge is 1.98. The molecule has 0 unspecified atom stereocenters. The Balaban J connectivity index is 0.000000490. The third-order valence-electron chi connectivity index (χ3n) is 0.623. The van der Waals surface area contributed by atoms with E-state index in [0.29, 0.717) is 5.75 Å². The van der Waals surface area contributed by atoms with Gasteiger partial charge in [-0.25, -0.2) is 0 Å². The molecule has 1 rings (SSSR count). The standard InChI is InChI=1S/C4H5NOS.ClH/c6-4-3-7-2-1-5-4;/h1-2H,3H2,(H,5,6);1H. The molecule has 0 aromatic heterocycles. The van der Waals surface area contributed by atoms with Crippen molar-refractivity contribution in [3.05, 3.63) is 11.6 Å². The number of thioether (sulfide) groups is 1. The fourth-order valence-corrected chi connectivity index (χ4v) is 0.836. The van der Waals surface area contributed by atoms with Gasteiger partial charge in [0.05, 0.1) is 5.75 Å². The number of hydrogen-bond donors (Lipinski definition) is 1. The van der Waals surface area contributed by atoms with Crippen LogP contribution in [0.1, 0.15) is 0 Å². The molecule has 0 bridgehead atoms. The van der Waals surface area contributed by atoms with Crippen LogP contribution >= 0.6 is 24.2 Å². The Morgan fingerprint density at radius 3 is 2.75 bits per heavy atom. The van der Waals surface area contributed by atoms with E-state index in [9.17, 15) is 4.79 Å². The molecule has 0 aromatic carbocycles. The molecule has 0 atom stereocenters. The minimum Gasteiger partial charge on any atom is -0.331 e. The summed E-state index contributed by atoms with van der Waals surface area (Å²) in [7, 11) is 0. The van der Waals surface area contributed by atoms with Gasteiger partial charge in [-0.05, 0) is 5.41 Å². The third kappa shape index (κ3) is 2.23. The summed E-state index contributed by atoms with van der Waals surface area (Å²) in [5.41, 5.74) is 0. The maximum atomic E-state index is 10.3. The molecule has 0 saturated carbocycles. The summed E-state index contributed by atoms with van der Waals surface area (Å²) in [4.78, 5) is 10.3. The molecule has 2 nitrogen and oxygen atoms in total. The molecular formula is C4H6ClNOS. The summed E-state index contributed by atoms with van der Waals surface area (Å²) in [6, 6.07) is 0. The first-order chi connectivity index (χ1) is 3.39. The van der Waals surface area contributed by atoms with Gasteiger partial charge in [-0.2, -0.15) is 0 Å². The molecule has 8 heavy (non-hydrogen) atoms. The predicted octanol–water partition coefficient (Wildman–Crippen LogP) is 0.742. The van der Waals surface area contributed by atoms with Crippen molar-refractivity contribution in [3.8, 4) is 0 Å². The van der Waals surface area contributed by atoms with E-state index < -0.39 is 0 Å². The van der Waals surface area contributed by atoms with Gasteiger partial charge in [0.1, 0.15) is 0 Å². The highest BCUT2D eigenvalue weighted by molar-refractivity contribution is 8.02. The second-order valence-corrected chi connectivity index (χ2v) is 2.08. The topological polar surface area (TPSA) is 29.1 Å². The molecule has 4 heteroatoms. The molecule has 0 aromatic rings. The minimum atomic E-state index is 0. The number of carbonyl (C=O) groups is 1. The predicted molar refractivity (Wildman–Crippen MR) is 37.0 cm³/mol. The summed E-state index contributed by atoms with van der Waals surface area (Å²) in [5.74, 6) is 0.656. The van der Waals surface area contributed by atoms with Crippen molar-refractivity contribution in [1.29, 1.82) is 0 Å². The third-order valence-corrected chi connectivity index (χ3v) is 1.38. The van der Waals surface area contributed by atoms with E-state index in [1.807, 2.05) is 5.41 Å². The first kappa shape index (κ1) is 7.85. The second kappa shape index (κ2) is 3.80. The van der Waals surface area contributed by atoms with Crippen molar-refractivity contribution in [2.45, 2.75) is 0 Å². The minimum absolute atomic E-state index is 0. The van der Waals surface area contributed by atoms with Crippen molar-refractivity contribution >= 4 is 30.1 Å². The lowest BCUT2D eigenvalue weighted by molar-refractivity contribution is -0.117. The Labute approximate surface area is 58.1 Å². The Morgan fingerprint density at radius 2 is 2.50 bits per heavy atom. The molecule has 1 N–H and O–H groups in total. The summed E-state index contributed by atoms with van der Waals surface area (Å²) in [6.45, 7) is 0. The maximum Gasteiger partial charge on any atom is 0.234 e. The van der Waals surface area contributed by atoms with Gasteiger partial charge in [-0.15, -0.1) is 24.2 Å². The molecule has 1 heterocycles. The Morgan fingerprint density at radius 1 is 1.75 bits per heavy atom. The van der Waals surface area contributed by atoms with Crippen molar-refractivity contribution in [2.24, 2.45) is 0 Å². The van der Waals surface area contributed by atoms with Crippen LogP contribution in [-0.4, -0.2) is 11.7 Å². The maximum absolute atomic E-state index is 10.3. The van der Waals surface area contributed by atoms with E-state index >= 15 is 0 Å². The molecule has 0 aliphatic carbocycles. The SMILES string of the molecule is Cl.O=C1CSC=CN1. The zero-order chi connectivity index (χ0) is 5.11. The molecule has 1 aliphatic rings. The Bertz CT molecular complexity index is 115. The fraction of sp³-hybridized carbons (Fsp3) is 0.250. The molecule has 1 aliphatic heterocycles. The largest absolute Gasteiger partial charge is 0.331 e. The van der Waals surface area contributed by atoms with E-state index in [4.69, 9.17) is 0 Å². The lowest BCUT2D eigenvalue weighted by atomic mass is 10.7. The Kier molecular flexibility index (Phi) is 3.73. The lowest BCUT2D eigenvalue weighted by Crippen LogP contribution is -2.21. The number of rotatable bonds is 0. The van der Waals surface area contributed by atoms with Gasteiger partial charge in [-0.1, -0.05) is 0 Å². The van der Waals surface area contributed by atoms with Crippen LogP contribution < -0.4 is 5.32 Å². The van der Waals surface area contributed by atoms with Crippen LogP contribution in [0, 0.1) is 0 Å². The molecule has 46 valence electrons. The number of nitrogens with one attached hydrogen (secondary N) is 1. The van der Waals surface area contributed by atoms with Crippen LogP contribution in [0.4, 0.5) is 0 Å². The van der Waals surface area contributed by atoms with Crippen molar-refractivity contribution in [3.63, 3.8) is 0 Å². The van der Waals surface area contributed by atoms with Crippen LogP contribution in [0.3, 0.4) is 0 Å². The van der Waals surface area contributed by atoms with Gasteiger partial charge >= 0.3 is 0 Å². The van der Waals surface area contributed by atoms with Crippen molar-refractivity contribution < 1.29 is 4.79 Å². The van der Waals surface area contributed by atoms with Crippen LogP contribution in [0.2, 0.25) is 0 Å². The number of amides is 1. The second-order valence-electron chi connectivity index (χ2n) is 1.18. The van der Waals surface area contributed by atoms with Gasteiger partial charge < -0.3 is 5.32 Å². The zero-order valence-corrected chi connectivity index (χ0v) is 5.72. The van der Waals surface area contributed by atoms with Gasteiger partial charge in [0, 0.05) is 6.20 Å². The molecule has 0 fully saturated rings. The van der Waals surface area contributed by atoms with E-state index in [2.05, 4.69) is 5.32 Å². The first-order valence-corrected chi connectivity index (χ1v) is 3.00. The summed E-state index contributed by atoms with van der Waals surface area (Å²) < 4.78 is 0. The highest BCUT2D eigenvalue weighted by Crippen LogP contribution is 2.03. The van der Waals surface area contributed by atoms with E-state index in [-0.39, 0.29) is 18.3 Å². The quantitative estimate of drug-likeness (QED) is 0.554. The van der Waals surface area contributed by atoms with Gasteiger partial charge in [-0.3, -0.25) is 4.79 Å². The van der Waals surface area contributed by atoms with Crippen LogP contribution in [0.5, 0.6) is 0 Å². The molecule has 0 spiro atoms. The lowest BCUT2D eigenvalue weighted by Gasteiger charge is -2.00. The van der Waals surface area contributed by atoms with Crippen LogP contribution in [-0.2, 0) is 4.79 Å². The summed E-state index contributed by atoms with van der Waals surface area (Å²) >= 11 is 1.51. The summed E-state index contributed by atoms with van der Waals surface area (Å²) in [6.07, 6.45) is 1.65. The fourth-order valence-electron chi connectivity index (χ4n) is 0.341. The van der Waals surface area contributed by atoms with Crippen molar-refractivity contribution in [2.75, 3.05) is 5.75 Å². The van der Waals surface area contributed by atoms with E-state index in [1.165, 1.54) is 11.8 Å². The molecule has 0 saturated heterocycles. The molecular weight excluding hydrogens is 146 g/mol. The number of hydrogen-bond acceptors (Lipinski definition) is 2. The molecule has 1 amide bonds. The zero-order valence-electron chi connectivity index (χ0n) is 4.09. The van der Waals surface area contributed by atoms with E-state index in [0.717, 1.165) is 0 Å². The van der Waals surface area contributed by atoms with Gasteiger partial charge in [0.2, 0.25) is 5.91 Å². The van der Waals surface area contributed by atoms with Crippen molar-refractivity contribution in [1.82, 2.24) is 5.32 Å². The van der Waals surface area contributed by atoms with Gasteiger partial charge in [0.25, 0.3) is 0 Å². The monoisotopic (exact) mass is 151 g/mol. The Hall–Kier alpha value is -0.150. The molecule has 0 radical (unpaired) electrons. The average Bonchev–Trinajstić information content (AvgIpc) is 1.69. The first-order valence-electron chi connectivity index (χ1n) is 1.95. The van der Waals surface area contributed by atoms with Gasteiger partial charge in [0.15, 0.2) is 0 Å².